The molecule has 258 valence electrons. The highest BCUT2D eigenvalue weighted by Crippen LogP contribution is 2.42. The molecule has 2 aliphatic rings. The maximum Gasteiger partial charge on any atom is 0.0547 e. The first-order valence-electron chi connectivity index (χ1n) is 19.1. The van der Waals surface area contributed by atoms with Crippen molar-refractivity contribution in [3.63, 3.8) is 0 Å². The van der Waals surface area contributed by atoms with Crippen molar-refractivity contribution in [2.24, 2.45) is 5.92 Å². The van der Waals surface area contributed by atoms with Gasteiger partial charge in [0.15, 0.2) is 0 Å². The Bertz CT molecular complexity index is 2800. The Balaban J connectivity index is 1.10. The van der Waals surface area contributed by atoms with Gasteiger partial charge in [-0.3, -0.25) is 0 Å². The molecule has 0 radical (unpaired) electrons. The molecule has 2 nitrogen and oxygen atoms in total. The van der Waals surface area contributed by atoms with E-state index in [0.717, 1.165) is 19.3 Å². The quantitative estimate of drug-likeness (QED) is 0.161. The van der Waals surface area contributed by atoms with Crippen LogP contribution < -0.4 is 4.90 Å². The molecule has 54 heavy (non-hydrogen) atoms. The topological polar surface area (TPSA) is 8.17 Å². The normalized spacial score (nSPS) is 15.4. The number of rotatable bonds is 7. The summed E-state index contributed by atoms with van der Waals surface area (Å²) in [6.45, 7) is 0. The highest BCUT2D eigenvalue weighted by Gasteiger charge is 2.22. The van der Waals surface area contributed by atoms with Crippen molar-refractivity contribution in [3.05, 3.63) is 212 Å². The van der Waals surface area contributed by atoms with Crippen LogP contribution in [0.3, 0.4) is 0 Å². The Morgan fingerprint density at radius 1 is 0.574 bits per heavy atom. The van der Waals surface area contributed by atoms with Gasteiger partial charge in [-0.25, -0.2) is 0 Å². The van der Waals surface area contributed by atoms with Crippen LogP contribution in [0.25, 0.3) is 60.5 Å². The van der Waals surface area contributed by atoms with Crippen LogP contribution in [0, 0.1) is 5.92 Å². The van der Waals surface area contributed by atoms with Crippen molar-refractivity contribution in [2.45, 2.75) is 19.3 Å². The summed E-state index contributed by atoms with van der Waals surface area (Å²) in [5.74, 6) is 0.417. The zero-order valence-corrected chi connectivity index (χ0v) is 30.1. The van der Waals surface area contributed by atoms with Crippen molar-refractivity contribution in [3.8, 4) is 27.9 Å². The molecule has 0 saturated heterocycles. The van der Waals surface area contributed by atoms with E-state index >= 15 is 0 Å². The van der Waals surface area contributed by atoms with E-state index in [1.807, 2.05) is 0 Å². The fourth-order valence-corrected chi connectivity index (χ4v) is 8.64. The number of anilines is 2. The molecule has 0 amide bonds. The third kappa shape index (κ3) is 5.68. The molecular formula is C52H40N2. The zero-order chi connectivity index (χ0) is 35.8. The van der Waals surface area contributed by atoms with E-state index in [1.165, 1.54) is 83.2 Å². The minimum atomic E-state index is 0.417. The summed E-state index contributed by atoms with van der Waals surface area (Å²) >= 11 is 0. The molecule has 0 bridgehead atoms. The summed E-state index contributed by atoms with van der Waals surface area (Å²) in [4.78, 5) is 2.52. The van der Waals surface area contributed by atoms with E-state index in [4.69, 9.17) is 0 Å². The van der Waals surface area contributed by atoms with Gasteiger partial charge in [0.25, 0.3) is 0 Å². The average molecular weight is 693 g/mol. The lowest BCUT2D eigenvalue weighted by Crippen LogP contribution is -2.19. The Kier molecular flexibility index (Phi) is 8.15. The number of fused-ring (bicyclic) bond motifs is 4. The molecule has 2 aliphatic carbocycles. The highest BCUT2D eigenvalue weighted by atomic mass is 15.2. The molecule has 1 aromatic heterocycles. The molecule has 0 aliphatic heterocycles. The summed E-state index contributed by atoms with van der Waals surface area (Å²) in [5, 5.41) is 5.05. The molecule has 2 heteroatoms. The number of hydrogen-bond donors (Lipinski definition) is 0. The predicted molar refractivity (Wildman–Crippen MR) is 230 cm³/mol. The van der Waals surface area contributed by atoms with Gasteiger partial charge in [-0.2, -0.15) is 0 Å². The number of hydrogen-bond acceptors (Lipinski definition) is 1. The summed E-state index contributed by atoms with van der Waals surface area (Å²) in [5.41, 5.74) is 13.6. The molecule has 1 atom stereocenters. The maximum atomic E-state index is 2.52. The van der Waals surface area contributed by atoms with Crippen LogP contribution in [0.4, 0.5) is 11.4 Å². The van der Waals surface area contributed by atoms with Gasteiger partial charge in [0.1, 0.15) is 0 Å². The van der Waals surface area contributed by atoms with Gasteiger partial charge < -0.3 is 9.47 Å². The lowest BCUT2D eigenvalue weighted by atomic mass is 9.87. The monoisotopic (exact) mass is 692 g/mol. The third-order valence-corrected chi connectivity index (χ3v) is 11.1. The minimum absolute atomic E-state index is 0.417. The molecule has 0 spiro atoms. The fraction of sp³-hybridized carbons (Fsp3) is 0.0769. The second kappa shape index (κ2) is 13.7. The Hall–Kier alpha value is -6.64. The van der Waals surface area contributed by atoms with Crippen LogP contribution in [0.5, 0.6) is 0 Å². The van der Waals surface area contributed by atoms with Gasteiger partial charge in [-0.15, -0.1) is 0 Å². The molecule has 8 aromatic rings. The summed E-state index contributed by atoms with van der Waals surface area (Å²) < 4.78 is 2.39. The number of aromatic nitrogens is 1. The van der Waals surface area contributed by atoms with Gasteiger partial charge in [0.05, 0.1) is 16.7 Å². The molecular weight excluding hydrogens is 653 g/mol. The van der Waals surface area contributed by atoms with Crippen molar-refractivity contribution in [1.29, 1.82) is 0 Å². The Morgan fingerprint density at radius 3 is 2.19 bits per heavy atom. The van der Waals surface area contributed by atoms with Crippen LogP contribution >= 0.6 is 0 Å². The van der Waals surface area contributed by atoms with Crippen LogP contribution in [0.15, 0.2) is 212 Å². The Morgan fingerprint density at radius 2 is 1.30 bits per heavy atom. The van der Waals surface area contributed by atoms with Crippen molar-refractivity contribution >= 4 is 44.0 Å². The number of nitrogens with zero attached hydrogens (tertiary/aromatic N) is 2. The van der Waals surface area contributed by atoms with Gasteiger partial charge in [0, 0.05) is 39.1 Å². The van der Waals surface area contributed by atoms with Gasteiger partial charge in [-0.05, 0) is 107 Å². The highest BCUT2D eigenvalue weighted by molar-refractivity contribution is 6.16. The smallest absolute Gasteiger partial charge is 0.0547 e. The van der Waals surface area contributed by atoms with Crippen LogP contribution in [0.1, 0.15) is 19.3 Å². The van der Waals surface area contributed by atoms with Crippen LogP contribution in [-0.4, -0.2) is 4.57 Å². The second-order valence-corrected chi connectivity index (χ2v) is 14.4. The van der Waals surface area contributed by atoms with Crippen molar-refractivity contribution in [2.75, 3.05) is 4.90 Å². The van der Waals surface area contributed by atoms with Gasteiger partial charge >= 0.3 is 0 Å². The van der Waals surface area contributed by atoms with Crippen LogP contribution in [-0.2, 0) is 0 Å². The molecule has 1 heterocycles. The zero-order valence-electron chi connectivity index (χ0n) is 30.1. The lowest BCUT2D eigenvalue weighted by Gasteiger charge is -2.32. The molecule has 1 unspecified atom stereocenters. The lowest BCUT2D eigenvalue weighted by molar-refractivity contribution is 0.759. The number of allylic oxidation sites excluding steroid dienone is 8. The van der Waals surface area contributed by atoms with Gasteiger partial charge in [-0.1, -0.05) is 146 Å². The minimum Gasteiger partial charge on any atom is -0.314 e. The molecule has 0 fully saturated rings. The van der Waals surface area contributed by atoms with E-state index in [9.17, 15) is 0 Å². The van der Waals surface area contributed by atoms with E-state index in [2.05, 4.69) is 210 Å². The van der Waals surface area contributed by atoms with Gasteiger partial charge in [0.2, 0.25) is 0 Å². The SMILES string of the molecule is C1=CCC(C2=CCCC(N(c3cccc(-c4cccc(-c5cccc6c5c5ccccc5n6-c5ccccc5)c4)c3)c3cccc4ccccc34)=C2)C=C1. The predicted octanol–water partition coefficient (Wildman–Crippen LogP) is 14.1. The summed E-state index contributed by atoms with van der Waals surface area (Å²) in [6, 6.07) is 59.9. The Labute approximate surface area is 316 Å². The molecule has 0 saturated carbocycles. The summed E-state index contributed by atoms with van der Waals surface area (Å²) in [7, 11) is 0. The summed E-state index contributed by atoms with van der Waals surface area (Å²) in [6.07, 6.45) is 17.0. The molecule has 7 aromatic carbocycles. The standard InChI is InChI=1S/C52H40N2/c1-3-16-37(17-4-1)40-21-12-26-44(35-40)53(49-32-14-19-38-18-7-8-28-46(38)49)45-27-13-22-41(36-45)39-20-11-23-42(34-39)47-30-15-33-51-52(47)48-29-9-10-31-50(48)54(51)43-24-5-2-6-25-43/h1-11,13-16,18-25,27-37H,12,17,26H2. The van der Waals surface area contributed by atoms with Crippen molar-refractivity contribution in [1.82, 2.24) is 4.57 Å². The van der Waals surface area contributed by atoms with Crippen LogP contribution in [0.2, 0.25) is 0 Å². The van der Waals surface area contributed by atoms with E-state index in [0.29, 0.717) is 5.92 Å². The number of para-hydroxylation sites is 2. The first-order chi connectivity index (χ1) is 26.8. The average Bonchev–Trinajstić information content (AvgIpc) is 3.59. The van der Waals surface area contributed by atoms with E-state index in [1.54, 1.807) is 0 Å². The third-order valence-electron chi connectivity index (χ3n) is 11.1. The number of benzene rings is 7. The van der Waals surface area contributed by atoms with E-state index in [-0.39, 0.29) is 0 Å². The maximum absolute atomic E-state index is 2.52. The fourth-order valence-electron chi connectivity index (χ4n) is 8.64. The molecule has 0 N–H and O–H groups in total. The first kappa shape index (κ1) is 32.0. The first-order valence-corrected chi connectivity index (χ1v) is 19.1. The molecule has 10 rings (SSSR count). The van der Waals surface area contributed by atoms with E-state index < -0.39 is 0 Å². The largest absolute Gasteiger partial charge is 0.314 e. The second-order valence-electron chi connectivity index (χ2n) is 14.4. The van der Waals surface area contributed by atoms with Crippen molar-refractivity contribution < 1.29 is 0 Å².